The zero-order valence-electron chi connectivity index (χ0n) is 23.0. The largest absolute Gasteiger partial charge is 0.490 e. The minimum atomic E-state index is -4.54. The molecule has 1 heterocycles. The van der Waals surface area contributed by atoms with Gasteiger partial charge in [0.2, 0.25) is 15.9 Å². The molecule has 2 saturated carbocycles. The molecule has 2 bridgehead atoms. The van der Waals surface area contributed by atoms with Crippen molar-refractivity contribution in [3.63, 3.8) is 0 Å². The van der Waals surface area contributed by atoms with Gasteiger partial charge in [0.1, 0.15) is 5.75 Å². The van der Waals surface area contributed by atoms with Gasteiger partial charge in [0.05, 0.1) is 11.0 Å². The standard InChI is InChI=1S/C31H34ClF2N3O4S/c32-24-11-9-23(10-12-24)31(33,34)29(30(38)37-17-21-5-6-22(18-37)28(21)35)36-42(39,40)27-14-8-19-15-26(13-7-20(19)16-27)41-25-3-1-2-4-25/h7-16,21-22,25,28-29,36H,1-6,17-18,35H2/t21-,22+,28?,29-/m0/s1. The number of benzene rings is 3. The van der Waals surface area contributed by atoms with Gasteiger partial charge in [0.15, 0.2) is 6.04 Å². The first-order valence-electron chi connectivity index (χ1n) is 14.4. The van der Waals surface area contributed by atoms with Crippen LogP contribution in [0.3, 0.4) is 0 Å². The lowest BCUT2D eigenvalue weighted by molar-refractivity contribution is -0.146. The Bertz CT molecular complexity index is 1570. The minimum Gasteiger partial charge on any atom is -0.490 e. The van der Waals surface area contributed by atoms with Gasteiger partial charge in [0.25, 0.3) is 5.92 Å². The fraction of sp³-hybridized carbons (Fsp3) is 0.452. The fourth-order valence-corrected chi connectivity index (χ4v) is 7.96. The molecule has 42 heavy (non-hydrogen) atoms. The van der Waals surface area contributed by atoms with E-state index < -0.39 is 33.5 Å². The highest BCUT2D eigenvalue weighted by Gasteiger charge is 2.52. The van der Waals surface area contributed by atoms with E-state index in [1.54, 1.807) is 18.2 Å². The monoisotopic (exact) mass is 617 g/mol. The number of nitrogens with one attached hydrogen (secondary N) is 1. The summed E-state index contributed by atoms with van der Waals surface area (Å²) < 4.78 is 67.6. The molecule has 6 rings (SSSR count). The molecule has 1 aliphatic heterocycles. The molecule has 4 atom stereocenters. The highest BCUT2D eigenvalue weighted by atomic mass is 35.5. The predicted molar refractivity (Wildman–Crippen MR) is 157 cm³/mol. The Morgan fingerprint density at radius 2 is 1.57 bits per heavy atom. The molecule has 11 heteroatoms. The second-order valence-electron chi connectivity index (χ2n) is 11.8. The van der Waals surface area contributed by atoms with Crippen molar-refractivity contribution in [2.75, 3.05) is 13.1 Å². The van der Waals surface area contributed by atoms with Gasteiger partial charge >= 0.3 is 0 Å². The van der Waals surface area contributed by atoms with Crippen molar-refractivity contribution < 1.29 is 26.7 Å². The molecule has 3 aliphatic rings. The van der Waals surface area contributed by atoms with Gasteiger partial charge in [-0.3, -0.25) is 4.79 Å². The summed E-state index contributed by atoms with van der Waals surface area (Å²) in [7, 11) is -4.54. The predicted octanol–water partition coefficient (Wildman–Crippen LogP) is 5.45. The number of hydrogen-bond acceptors (Lipinski definition) is 5. The van der Waals surface area contributed by atoms with E-state index in [0.29, 0.717) is 11.1 Å². The number of alkyl halides is 2. The third-order valence-electron chi connectivity index (χ3n) is 9.03. The van der Waals surface area contributed by atoms with Crippen molar-refractivity contribution in [3.05, 3.63) is 71.2 Å². The molecule has 0 spiro atoms. The number of ether oxygens (including phenoxy) is 1. The molecule has 1 saturated heterocycles. The maximum atomic E-state index is 16.1. The Labute approximate surface area is 249 Å². The van der Waals surface area contributed by atoms with Gasteiger partial charge in [0, 0.05) is 29.7 Å². The lowest BCUT2D eigenvalue weighted by atomic mass is 9.92. The third kappa shape index (κ3) is 5.74. The summed E-state index contributed by atoms with van der Waals surface area (Å²) in [6.07, 6.45) is 6.08. The number of carbonyl (C=O) groups excluding carboxylic acids is 1. The van der Waals surface area contributed by atoms with Gasteiger partial charge in [-0.25, -0.2) is 8.42 Å². The fourth-order valence-electron chi connectivity index (χ4n) is 6.61. The first kappa shape index (κ1) is 29.3. The van der Waals surface area contributed by atoms with Crippen molar-refractivity contribution in [1.82, 2.24) is 9.62 Å². The van der Waals surface area contributed by atoms with Crippen LogP contribution < -0.4 is 15.2 Å². The number of hydrogen-bond donors (Lipinski definition) is 2. The summed E-state index contributed by atoms with van der Waals surface area (Å²) in [6, 6.07) is 12.1. The lowest BCUT2D eigenvalue weighted by Crippen LogP contribution is -2.60. The summed E-state index contributed by atoms with van der Waals surface area (Å²) in [4.78, 5) is 14.9. The molecule has 224 valence electrons. The number of nitrogens with zero attached hydrogens (tertiary/aromatic N) is 1. The molecule has 3 aromatic rings. The van der Waals surface area contributed by atoms with Gasteiger partial charge in [-0.1, -0.05) is 35.9 Å². The van der Waals surface area contributed by atoms with Crippen LogP contribution in [0.4, 0.5) is 8.78 Å². The highest BCUT2D eigenvalue weighted by molar-refractivity contribution is 7.89. The van der Waals surface area contributed by atoms with Crippen molar-refractivity contribution in [1.29, 1.82) is 0 Å². The smallest absolute Gasteiger partial charge is 0.298 e. The molecule has 3 aromatic carbocycles. The maximum Gasteiger partial charge on any atom is 0.298 e. The van der Waals surface area contributed by atoms with Crippen LogP contribution in [0.15, 0.2) is 65.6 Å². The average Bonchev–Trinajstić information content (AvgIpc) is 3.53. The quantitative estimate of drug-likeness (QED) is 0.350. The molecule has 3 N–H and O–H groups in total. The first-order valence-corrected chi connectivity index (χ1v) is 16.3. The van der Waals surface area contributed by atoms with Crippen LogP contribution in [-0.4, -0.2) is 50.5 Å². The van der Waals surface area contributed by atoms with Crippen LogP contribution >= 0.6 is 11.6 Å². The van der Waals surface area contributed by atoms with Gasteiger partial charge < -0.3 is 15.4 Å². The number of carbonyl (C=O) groups is 1. The van der Waals surface area contributed by atoms with Gasteiger partial charge in [-0.2, -0.15) is 13.5 Å². The van der Waals surface area contributed by atoms with E-state index in [2.05, 4.69) is 4.72 Å². The van der Waals surface area contributed by atoms with E-state index in [4.69, 9.17) is 22.1 Å². The van der Waals surface area contributed by atoms with E-state index in [0.717, 1.165) is 56.0 Å². The first-order chi connectivity index (χ1) is 20.0. The zero-order chi connectivity index (χ0) is 29.6. The van der Waals surface area contributed by atoms with Crippen LogP contribution in [0.2, 0.25) is 5.02 Å². The van der Waals surface area contributed by atoms with Crippen molar-refractivity contribution >= 4 is 38.3 Å². The number of piperidine rings is 1. The number of fused-ring (bicyclic) bond motifs is 3. The number of amides is 1. The average molecular weight is 618 g/mol. The van der Waals surface area contributed by atoms with Crippen LogP contribution in [0.5, 0.6) is 5.75 Å². The lowest BCUT2D eigenvalue weighted by Gasteiger charge is -2.39. The van der Waals surface area contributed by atoms with Gasteiger partial charge in [-0.05, 0) is 97.5 Å². The van der Waals surface area contributed by atoms with E-state index in [1.807, 2.05) is 6.07 Å². The molecular weight excluding hydrogens is 584 g/mol. The molecule has 0 radical (unpaired) electrons. The Hall–Kier alpha value is -2.79. The molecule has 1 amide bonds. The summed E-state index contributed by atoms with van der Waals surface area (Å²) in [5.74, 6) is -4.14. The second kappa shape index (κ2) is 11.4. The summed E-state index contributed by atoms with van der Waals surface area (Å²) in [6.45, 7) is 0.430. The third-order valence-corrected chi connectivity index (χ3v) is 10.7. The normalized spacial score (nSPS) is 23.8. The van der Waals surface area contributed by atoms with Crippen LogP contribution in [0.1, 0.15) is 44.1 Å². The number of nitrogens with two attached hydrogens (primary N) is 1. The Morgan fingerprint density at radius 3 is 2.24 bits per heavy atom. The second-order valence-corrected chi connectivity index (χ2v) is 13.9. The molecule has 7 nitrogen and oxygen atoms in total. The van der Waals surface area contributed by atoms with Crippen LogP contribution in [0, 0.1) is 11.8 Å². The summed E-state index contributed by atoms with van der Waals surface area (Å²) in [5, 5.41) is 1.60. The van der Waals surface area contributed by atoms with E-state index in [-0.39, 0.29) is 47.0 Å². The van der Waals surface area contributed by atoms with Crippen molar-refractivity contribution in [2.24, 2.45) is 17.6 Å². The molecule has 0 aromatic heterocycles. The van der Waals surface area contributed by atoms with Crippen LogP contribution in [0.25, 0.3) is 10.8 Å². The number of halogens is 3. The SMILES string of the molecule is NC1[C@@H]2CC[C@H]1CN(C(=O)[C@H](NS(=O)(=O)c1ccc3cc(OC4CCCC4)ccc3c1)C(F)(F)c1ccc(Cl)cc1)C2. The molecular formula is C31H34ClF2N3O4S. The Balaban J connectivity index is 1.29. The number of sulfonamides is 1. The zero-order valence-corrected chi connectivity index (χ0v) is 24.6. The highest BCUT2D eigenvalue weighted by Crippen LogP contribution is 2.39. The Kier molecular flexibility index (Phi) is 7.93. The topological polar surface area (TPSA) is 102 Å². The van der Waals surface area contributed by atoms with Crippen LogP contribution in [-0.2, 0) is 20.7 Å². The van der Waals surface area contributed by atoms with Crippen molar-refractivity contribution in [2.45, 2.75) is 67.5 Å². The maximum absolute atomic E-state index is 16.1. The minimum absolute atomic E-state index is 0.00265. The Morgan fingerprint density at radius 1 is 0.952 bits per heavy atom. The van der Waals surface area contributed by atoms with Crippen molar-refractivity contribution in [3.8, 4) is 5.75 Å². The summed E-state index contributed by atoms with van der Waals surface area (Å²) >= 11 is 5.91. The number of rotatable bonds is 8. The molecule has 2 aliphatic carbocycles. The van der Waals surface area contributed by atoms with Gasteiger partial charge in [-0.15, -0.1) is 0 Å². The summed E-state index contributed by atoms with van der Waals surface area (Å²) in [5.41, 5.74) is 5.75. The number of likely N-dealkylation sites (tertiary alicyclic amines) is 1. The van der Waals surface area contributed by atoms with E-state index in [9.17, 15) is 13.2 Å². The van der Waals surface area contributed by atoms with E-state index >= 15 is 8.78 Å². The molecule has 3 fully saturated rings. The molecule has 1 unspecified atom stereocenters. The van der Waals surface area contributed by atoms with E-state index in [1.165, 1.54) is 29.2 Å².